The van der Waals surface area contributed by atoms with Gasteiger partial charge in [0.05, 0.1) is 18.2 Å². The zero-order valence-corrected chi connectivity index (χ0v) is 10.9. The molecule has 0 bridgehead atoms. The van der Waals surface area contributed by atoms with E-state index in [1.54, 1.807) is 17.8 Å². The third-order valence-corrected chi connectivity index (χ3v) is 4.12. The fourth-order valence-corrected chi connectivity index (χ4v) is 3.24. The van der Waals surface area contributed by atoms with Crippen LogP contribution in [0.3, 0.4) is 0 Å². The number of fused-ring (bicyclic) bond motifs is 1. The molecule has 2 fully saturated rings. The van der Waals surface area contributed by atoms with E-state index in [2.05, 4.69) is 23.8 Å². The lowest BCUT2D eigenvalue weighted by Gasteiger charge is -2.34. The lowest BCUT2D eigenvalue weighted by molar-refractivity contribution is -0.0935. The summed E-state index contributed by atoms with van der Waals surface area (Å²) in [6.07, 6.45) is 3.74. The summed E-state index contributed by atoms with van der Waals surface area (Å²) < 4.78 is 5.87. The number of nitrogens with zero attached hydrogens (tertiary/aromatic N) is 1. The summed E-state index contributed by atoms with van der Waals surface area (Å²) in [6.45, 7) is 6.64. The van der Waals surface area contributed by atoms with Gasteiger partial charge in [-0.25, -0.2) is 0 Å². The summed E-state index contributed by atoms with van der Waals surface area (Å²) in [6, 6.07) is 0.187. The molecule has 0 amide bonds. The molecule has 2 heterocycles. The summed E-state index contributed by atoms with van der Waals surface area (Å²) in [7, 11) is 0. The Morgan fingerprint density at radius 3 is 3.24 bits per heavy atom. The number of rotatable bonds is 4. The second-order valence-electron chi connectivity index (χ2n) is 4.43. The molecule has 5 heteroatoms. The van der Waals surface area contributed by atoms with E-state index in [0.717, 1.165) is 24.6 Å². The third kappa shape index (κ3) is 3.03. The van der Waals surface area contributed by atoms with Crippen LogP contribution in [0, 0.1) is 0 Å². The molecule has 96 valence electrons. The smallest absolute Gasteiger partial charge is 0.159 e. The molecule has 4 unspecified atom stereocenters. The quantitative estimate of drug-likeness (QED) is 0.749. The number of amidine groups is 1. The number of nitrogens with one attached hydrogen (secondary N) is 1. The van der Waals surface area contributed by atoms with Crippen molar-refractivity contribution in [3.05, 3.63) is 12.7 Å². The van der Waals surface area contributed by atoms with Gasteiger partial charge in [-0.2, -0.15) is 0 Å². The largest absolute Gasteiger partial charge is 0.390 e. The average molecular weight is 256 g/mol. The number of ether oxygens (including phenoxy) is 1. The van der Waals surface area contributed by atoms with Crippen LogP contribution in [-0.2, 0) is 4.74 Å². The van der Waals surface area contributed by atoms with Crippen LogP contribution in [0.15, 0.2) is 17.6 Å². The van der Waals surface area contributed by atoms with Gasteiger partial charge in [0.15, 0.2) is 5.17 Å². The van der Waals surface area contributed by atoms with Gasteiger partial charge in [-0.15, -0.1) is 6.58 Å². The van der Waals surface area contributed by atoms with Crippen molar-refractivity contribution in [3.8, 4) is 0 Å². The molecule has 0 spiro atoms. The van der Waals surface area contributed by atoms with Crippen LogP contribution in [0.5, 0.6) is 0 Å². The Kier molecular flexibility index (Phi) is 4.48. The Morgan fingerprint density at radius 1 is 1.71 bits per heavy atom. The normalized spacial score (nSPS) is 38.8. The van der Waals surface area contributed by atoms with Crippen LogP contribution in [0.4, 0.5) is 0 Å². The molecule has 0 aromatic rings. The van der Waals surface area contributed by atoms with Gasteiger partial charge in [0.25, 0.3) is 0 Å². The fraction of sp³-hybridized carbons (Fsp3) is 0.750. The van der Waals surface area contributed by atoms with Crippen molar-refractivity contribution in [2.45, 2.75) is 49.9 Å². The zero-order chi connectivity index (χ0) is 12.3. The highest BCUT2D eigenvalue weighted by molar-refractivity contribution is 8.14. The number of aliphatic hydroxyl groups excluding tert-OH is 1. The van der Waals surface area contributed by atoms with E-state index in [4.69, 9.17) is 4.74 Å². The van der Waals surface area contributed by atoms with Crippen molar-refractivity contribution in [2.75, 3.05) is 6.54 Å². The molecule has 0 radical (unpaired) electrons. The standard InChI is InChI=1S/C12H20N2O2S/c1-3-5-10-9(15)7-8-11(16-10)17-12(14-8)13-6-4-2/h3,8-11,15H,1,4-7H2,2H3,(H,13,14). The van der Waals surface area contributed by atoms with Gasteiger partial charge in [-0.1, -0.05) is 24.8 Å². The van der Waals surface area contributed by atoms with Gasteiger partial charge >= 0.3 is 0 Å². The molecule has 0 saturated carbocycles. The fourth-order valence-electron chi connectivity index (χ4n) is 2.09. The monoisotopic (exact) mass is 256 g/mol. The molecule has 2 saturated heterocycles. The molecule has 2 N–H and O–H groups in total. The molecule has 0 aromatic heterocycles. The molecule has 2 aliphatic heterocycles. The highest BCUT2D eigenvalue weighted by Gasteiger charge is 2.42. The lowest BCUT2D eigenvalue weighted by atomic mass is 9.99. The molecule has 2 rings (SSSR count). The Bertz CT molecular complexity index is 309. The average Bonchev–Trinajstić information content (AvgIpc) is 2.69. The highest BCUT2D eigenvalue weighted by atomic mass is 32.2. The Balaban J connectivity index is 1.95. The minimum Gasteiger partial charge on any atom is -0.390 e. The maximum absolute atomic E-state index is 9.95. The van der Waals surface area contributed by atoms with Crippen molar-refractivity contribution < 1.29 is 9.84 Å². The molecule has 17 heavy (non-hydrogen) atoms. The van der Waals surface area contributed by atoms with Gasteiger partial charge < -0.3 is 15.2 Å². The maximum Gasteiger partial charge on any atom is 0.159 e. The van der Waals surface area contributed by atoms with Crippen molar-refractivity contribution in [1.29, 1.82) is 0 Å². The van der Waals surface area contributed by atoms with Gasteiger partial charge in [-0.3, -0.25) is 4.99 Å². The lowest BCUT2D eigenvalue weighted by Crippen LogP contribution is -2.47. The number of thioether (sulfide) groups is 1. The zero-order valence-electron chi connectivity index (χ0n) is 10.1. The summed E-state index contributed by atoms with van der Waals surface area (Å²) >= 11 is 1.64. The van der Waals surface area contributed by atoms with E-state index in [9.17, 15) is 5.11 Å². The van der Waals surface area contributed by atoms with Crippen LogP contribution in [0.1, 0.15) is 26.2 Å². The molecular weight excluding hydrogens is 236 g/mol. The topological polar surface area (TPSA) is 53.8 Å². The number of hydrogen-bond donors (Lipinski definition) is 2. The van der Waals surface area contributed by atoms with Crippen LogP contribution in [0.25, 0.3) is 0 Å². The number of aliphatic hydroxyl groups is 1. The molecule has 2 aliphatic rings. The van der Waals surface area contributed by atoms with E-state index in [1.807, 2.05) is 0 Å². The Hall–Kier alpha value is -0.520. The SMILES string of the molecule is C=CCC1OC2SC(=NCCC)NC2CC1O. The van der Waals surface area contributed by atoms with Gasteiger partial charge in [0, 0.05) is 6.54 Å². The number of aliphatic imine (C=N–C) groups is 1. The minimum atomic E-state index is -0.409. The van der Waals surface area contributed by atoms with E-state index in [0.29, 0.717) is 6.42 Å². The van der Waals surface area contributed by atoms with Crippen LogP contribution >= 0.6 is 11.8 Å². The first-order chi connectivity index (χ1) is 8.24. The van der Waals surface area contributed by atoms with Crippen LogP contribution < -0.4 is 5.32 Å². The molecule has 0 aliphatic carbocycles. The van der Waals surface area contributed by atoms with E-state index in [-0.39, 0.29) is 17.6 Å². The van der Waals surface area contributed by atoms with Crippen molar-refractivity contribution in [1.82, 2.24) is 5.32 Å². The molecular formula is C12H20N2O2S. The summed E-state index contributed by atoms with van der Waals surface area (Å²) in [4.78, 5) is 4.45. The summed E-state index contributed by atoms with van der Waals surface area (Å²) in [5.74, 6) is 0. The minimum absolute atomic E-state index is 0.0824. The maximum atomic E-state index is 9.95. The van der Waals surface area contributed by atoms with Crippen LogP contribution in [-0.4, -0.2) is 40.5 Å². The second-order valence-corrected chi connectivity index (χ2v) is 5.51. The van der Waals surface area contributed by atoms with E-state index < -0.39 is 6.10 Å². The molecule has 4 atom stereocenters. The second kappa shape index (κ2) is 5.89. The van der Waals surface area contributed by atoms with Crippen molar-refractivity contribution >= 4 is 16.9 Å². The first-order valence-corrected chi connectivity index (χ1v) is 7.04. The third-order valence-electron chi connectivity index (χ3n) is 2.98. The van der Waals surface area contributed by atoms with Crippen molar-refractivity contribution in [2.24, 2.45) is 4.99 Å². The predicted molar refractivity (Wildman–Crippen MR) is 71.2 cm³/mol. The first-order valence-electron chi connectivity index (χ1n) is 6.16. The summed E-state index contributed by atoms with van der Waals surface area (Å²) in [5, 5.41) is 14.2. The van der Waals surface area contributed by atoms with Gasteiger partial charge in [-0.05, 0) is 19.3 Å². The van der Waals surface area contributed by atoms with E-state index in [1.165, 1.54) is 0 Å². The van der Waals surface area contributed by atoms with E-state index >= 15 is 0 Å². The highest BCUT2D eigenvalue weighted by Crippen LogP contribution is 2.34. The number of hydrogen-bond acceptors (Lipinski definition) is 4. The van der Waals surface area contributed by atoms with Gasteiger partial charge in [0.1, 0.15) is 5.44 Å². The molecule has 0 aromatic carbocycles. The van der Waals surface area contributed by atoms with Crippen LogP contribution in [0.2, 0.25) is 0 Å². The summed E-state index contributed by atoms with van der Waals surface area (Å²) in [5.41, 5.74) is 0.0824. The Morgan fingerprint density at radius 2 is 2.53 bits per heavy atom. The predicted octanol–water partition coefficient (Wildman–Crippen LogP) is 1.51. The first kappa shape index (κ1) is 12.9. The van der Waals surface area contributed by atoms with Crippen molar-refractivity contribution in [3.63, 3.8) is 0 Å². The van der Waals surface area contributed by atoms with Gasteiger partial charge in [0.2, 0.25) is 0 Å². The Labute approximate surface area is 107 Å². The molecule has 4 nitrogen and oxygen atoms in total.